The number of nitriles is 1. The van der Waals surface area contributed by atoms with Crippen LogP contribution < -0.4 is 0 Å². The van der Waals surface area contributed by atoms with Crippen LogP contribution in [-0.2, 0) is 0 Å². The van der Waals surface area contributed by atoms with E-state index in [-0.39, 0.29) is 5.56 Å². The maximum Gasteiger partial charge on any atom is 0.336 e. The zero-order valence-corrected chi connectivity index (χ0v) is 5.53. The van der Waals surface area contributed by atoms with Crippen LogP contribution in [0.5, 0.6) is 0 Å². The molecule has 1 aromatic rings. The molecule has 0 unspecified atom stereocenters. The van der Waals surface area contributed by atoms with Crippen LogP contribution in [0.3, 0.4) is 0 Å². The minimum absolute atomic E-state index is 0.0176. The number of carbonyl (C=O) groups is 1. The molecule has 1 N–H and O–H groups in total. The normalized spacial score (nSPS) is 8.64. The Morgan fingerprint density at radius 1 is 1.73 bits per heavy atom. The Hall–Kier alpha value is -1.82. The Balaban J connectivity index is 3.13. The summed E-state index contributed by atoms with van der Waals surface area (Å²) in [6.45, 7) is 0. The molecule has 1 aromatic carbocycles. The Kier molecular flexibility index (Phi) is 1.88. The zero-order chi connectivity index (χ0) is 8.27. The van der Waals surface area contributed by atoms with Gasteiger partial charge in [-0.05, 0) is 18.2 Å². The Morgan fingerprint density at radius 3 is 3.00 bits per heavy atom. The van der Waals surface area contributed by atoms with Gasteiger partial charge in [-0.2, -0.15) is 5.26 Å². The first-order valence-electron chi connectivity index (χ1n) is 2.89. The highest BCUT2D eigenvalue weighted by molar-refractivity contribution is 5.87. The molecular formula is C8H4NO2. The predicted octanol–water partition coefficient (Wildman–Crippen LogP) is 1.06. The van der Waals surface area contributed by atoms with Crippen LogP contribution in [0.1, 0.15) is 15.9 Å². The van der Waals surface area contributed by atoms with Crippen molar-refractivity contribution in [3.8, 4) is 6.07 Å². The molecule has 0 aliphatic heterocycles. The molecule has 0 aliphatic carbocycles. The Labute approximate surface area is 63.5 Å². The summed E-state index contributed by atoms with van der Waals surface area (Å²) in [6, 6.07) is 8.54. The highest BCUT2D eigenvalue weighted by Crippen LogP contribution is 2.02. The van der Waals surface area contributed by atoms with E-state index in [0.29, 0.717) is 5.56 Å². The Bertz CT molecular complexity index is 325. The van der Waals surface area contributed by atoms with Crippen LogP contribution in [0, 0.1) is 17.4 Å². The van der Waals surface area contributed by atoms with Gasteiger partial charge in [-0.25, -0.2) is 4.79 Å². The third-order valence-corrected chi connectivity index (χ3v) is 1.16. The second-order valence-corrected chi connectivity index (χ2v) is 1.91. The van der Waals surface area contributed by atoms with Crippen molar-refractivity contribution in [1.82, 2.24) is 0 Å². The van der Waals surface area contributed by atoms with Crippen molar-refractivity contribution in [3.63, 3.8) is 0 Å². The monoisotopic (exact) mass is 146 g/mol. The lowest BCUT2D eigenvalue weighted by Crippen LogP contribution is -1.95. The average molecular weight is 146 g/mol. The van der Waals surface area contributed by atoms with Crippen LogP contribution in [0.25, 0.3) is 0 Å². The molecule has 11 heavy (non-hydrogen) atoms. The fraction of sp³-hybridized carbons (Fsp3) is 0. The number of carboxylic acid groups (broad SMARTS) is 1. The van der Waals surface area contributed by atoms with Gasteiger partial charge in [-0.1, -0.05) is 6.07 Å². The highest BCUT2D eigenvalue weighted by Gasteiger charge is 2.01. The lowest BCUT2D eigenvalue weighted by molar-refractivity contribution is 0.0696. The van der Waals surface area contributed by atoms with Gasteiger partial charge in [0.1, 0.15) is 0 Å². The van der Waals surface area contributed by atoms with Gasteiger partial charge < -0.3 is 5.11 Å². The first-order valence-corrected chi connectivity index (χ1v) is 2.89. The number of rotatable bonds is 1. The van der Waals surface area contributed by atoms with Crippen LogP contribution in [0.4, 0.5) is 0 Å². The molecule has 0 saturated heterocycles. The molecule has 3 nitrogen and oxygen atoms in total. The number of carboxylic acids is 1. The molecule has 0 heterocycles. The molecule has 0 fully saturated rings. The number of benzene rings is 1. The van der Waals surface area contributed by atoms with Crippen molar-refractivity contribution in [2.24, 2.45) is 0 Å². The van der Waals surface area contributed by atoms with Crippen molar-refractivity contribution in [2.45, 2.75) is 0 Å². The number of aromatic carboxylic acids is 1. The lowest BCUT2D eigenvalue weighted by Gasteiger charge is -1.91. The molecule has 0 spiro atoms. The maximum absolute atomic E-state index is 10.3. The van der Waals surface area contributed by atoms with Gasteiger partial charge >= 0.3 is 5.97 Å². The van der Waals surface area contributed by atoms with Gasteiger partial charge in [-0.3, -0.25) is 0 Å². The quantitative estimate of drug-likeness (QED) is 0.644. The molecule has 3 heteroatoms. The Morgan fingerprint density at radius 2 is 2.45 bits per heavy atom. The molecule has 0 bridgehead atoms. The number of hydrogen-bond donors (Lipinski definition) is 1. The first-order chi connectivity index (χ1) is 5.24. The van der Waals surface area contributed by atoms with E-state index in [2.05, 4.69) is 6.07 Å². The fourth-order valence-electron chi connectivity index (χ4n) is 0.660. The largest absolute Gasteiger partial charge is 0.478 e. The number of hydrogen-bond acceptors (Lipinski definition) is 2. The van der Waals surface area contributed by atoms with E-state index >= 15 is 0 Å². The van der Waals surface area contributed by atoms with Crippen LogP contribution in [0.15, 0.2) is 18.2 Å². The van der Waals surface area contributed by atoms with Crippen molar-refractivity contribution in [3.05, 3.63) is 35.4 Å². The third-order valence-electron chi connectivity index (χ3n) is 1.16. The van der Waals surface area contributed by atoms with E-state index in [1.807, 2.05) is 6.07 Å². The van der Waals surface area contributed by atoms with E-state index in [9.17, 15) is 4.79 Å². The molecule has 0 atom stereocenters. The minimum atomic E-state index is -1.07. The molecular weight excluding hydrogens is 142 g/mol. The molecule has 1 rings (SSSR count). The van der Waals surface area contributed by atoms with Crippen molar-refractivity contribution in [1.29, 1.82) is 5.26 Å². The average Bonchev–Trinajstić information content (AvgIpc) is 2.05. The second-order valence-electron chi connectivity index (χ2n) is 1.91. The predicted molar refractivity (Wildman–Crippen MR) is 37.0 cm³/mol. The second kappa shape index (κ2) is 2.84. The summed E-state index contributed by atoms with van der Waals surface area (Å²) in [4.78, 5) is 10.3. The summed E-state index contributed by atoms with van der Waals surface area (Å²) in [5.41, 5.74) is 0.352. The van der Waals surface area contributed by atoms with Crippen LogP contribution in [0.2, 0.25) is 0 Å². The van der Waals surface area contributed by atoms with Crippen LogP contribution in [-0.4, -0.2) is 11.1 Å². The van der Waals surface area contributed by atoms with E-state index in [1.54, 1.807) is 0 Å². The number of nitrogens with zero attached hydrogens (tertiary/aromatic N) is 1. The molecule has 0 saturated carbocycles. The smallest absolute Gasteiger partial charge is 0.336 e. The maximum atomic E-state index is 10.3. The van der Waals surface area contributed by atoms with E-state index in [1.165, 1.54) is 18.2 Å². The van der Waals surface area contributed by atoms with Gasteiger partial charge in [0.15, 0.2) is 0 Å². The summed E-state index contributed by atoms with van der Waals surface area (Å²) in [5.74, 6) is -1.07. The summed E-state index contributed by atoms with van der Waals surface area (Å²) < 4.78 is 0. The van der Waals surface area contributed by atoms with Gasteiger partial charge in [0.25, 0.3) is 0 Å². The van der Waals surface area contributed by atoms with Gasteiger partial charge in [0.2, 0.25) is 0 Å². The molecule has 53 valence electrons. The summed E-state index contributed by atoms with van der Waals surface area (Å²) >= 11 is 0. The molecule has 0 aliphatic rings. The van der Waals surface area contributed by atoms with Crippen molar-refractivity contribution >= 4 is 5.97 Å². The molecule has 0 aromatic heterocycles. The summed E-state index contributed by atoms with van der Waals surface area (Å²) in [6.07, 6.45) is 0. The van der Waals surface area contributed by atoms with E-state index in [4.69, 9.17) is 10.4 Å². The highest BCUT2D eigenvalue weighted by atomic mass is 16.4. The summed E-state index contributed by atoms with van der Waals surface area (Å²) in [7, 11) is 0. The van der Waals surface area contributed by atoms with Gasteiger partial charge in [0, 0.05) is 0 Å². The zero-order valence-electron chi connectivity index (χ0n) is 5.53. The SMILES string of the molecule is N#Cc1cc[c]c(C(=O)O)c1. The summed E-state index contributed by atoms with van der Waals surface area (Å²) in [5, 5.41) is 16.9. The van der Waals surface area contributed by atoms with E-state index < -0.39 is 5.97 Å². The van der Waals surface area contributed by atoms with Crippen LogP contribution >= 0.6 is 0 Å². The van der Waals surface area contributed by atoms with Crippen molar-refractivity contribution in [2.75, 3.05) is 0 Å². The lowest BCUT2D eigenvalue weighted by atomic mass is 10.1. The van der Waals surface area contributed by atoms with Gasteiger partial charge in [0.05, 0.1) is 17.2 Å². The fourth-order valence-corrected chi connectivity index (χ4v) is 0.660. The van der Waals surface area contributed by atoms with E-state index in [0.717, 1.165) is 0 Å². The minimum Gasteiger partial charge on any atom is -0.478 e. The van der Waals surface area contributed by atoms with Crippen molar-refractivity contribution < 1.29 is 9.90 Å². The first kappa shape index (κ1) is 7.29. The topological polar surface area (TPSA) is 61.1 Å². The van der Waals surface area contributed by atoms with Gasteiger partial charge in [-0.15, -0.1) is 0 Å². The standard InChI is InChI=1S/C8H4NO2/c9-5-6-2-1-3-7(4-6)8(10)11/h1-2,4H,(H,10,11). The molecule has 0 amide bonds. The third kappa shape index (κ3) is 1.55. The molecule has 1 radical (unpaired) electrons.